The van der Waals surface area contributed by atoms with E-state index in [0.717, 1.165) is 12.1 Å². The summed E-state index contributed by atoms with van der Waals surface area (Å²) < 4.78 is 0. The Bertz CT molecular complexity index is 672. The van der Waals surface area contributed by atoms with Crippen LogP contribution >= 0.6 is 11.6 Å². The van der Waals surface area contributed by atoms with Gasteiger partial charge in [0, 0.05) is 24.8 Å². The lowest BCUT2D eigenvalue weighted by Gasteiger charge is -2.17. The number of fused-ring (bicyclic) bond motifs is 1. The van der Waals surface area contributed by atoms with Crippen molar-refractivity contribution in [3.63, 3.8) is 0 Å². The largest absolute Gasteiger partial charge is 0.373 e. The Morgan fingerprint density at radius 3 is 2.95 bits per heavy atom. The number of carbonyl (C=O) groups is 1. The van der Waals surface area contributed by atoms with Gasteiger partial charge in [-0.15, -0.1) is 0 Å². The topological polar surface area (TPSA) is 45.2 Å². The molecule has 5 heteroatoms. The number of anilines is 2. The molecular formula is C15H14ClN3O. The smallest absolute Gasteiger partial charge is 0.258 e. The van der Waals surface area contributed by atoms with Crippen LogP contribution in [-0.2, 0) is 6.42 Å². The predicted molar refractivity (Wildman–Crippen MR) is 80.6 cm³/mol. The maximum Gasteiger partial charge on any atom is 0.258 e. The third kappa shape index (κ3) is 2.23. The van der Waals surface area contributed by atoms with E-state index in [4.69, 9.17) is 11.6 Å². The molecule has 2 aromatic rings. The van der Waals surface area contributed by atoms with E-state index < -0.39 is 0 Å². The third-order valence-electron chi connectivity index (χ3n) is 3.43. The van der Waals surface area contributed by atoms with Gasteiger partial charge >= 0.3 is 0 Å². The van der Waals surface area contributed by atoms with Crippen LogP contribution in [0.15, 0.2) is 36.4 Å². The van der Waals surface area contributed by atoms with Crippen molar-refractivity contribution in [1.82, 2.24) is 4.98 Å². The lowest BCUT2D eigenvalue weighted by molar-refractivity contribution is 0.0989. The first-order valence-corrected chi connectivity index (χ1v) is 6.82. The van der Waals surface area contributed by atoms with Crippen molar-refractivity contribution in [3.05, 3.63) is 52.7 Å². The normalized spacial score (nSPS) is 13.2. The second-order valence-electron chi connectivity index (χ2n) is 4.65. The van der Waals surface area contributed by atoms with Crippen molar-refractivity contribution in [1.29, 1.82) is 0 Å². The van der Waals surface area contributed by atoms with E-state index in [-0.39, 0.29) is 5.91 Å². The molecule has 1 aliphatic rings. The summed E-state index contributed by atoms with van der Waals surface area (Å²) in [7, 11) is 1.75. The number of halogens is 1. The molecule has 1 aromatic carbocycles. The van der Waals surface area contributed by atoms with Gasteiger partial charge in [0.05, 0.1) is 0 Å². The Hall–Kier alpha value is -2.07. The molecule has 4 nitrogen and oxygen atoms in total. The van der Waals surface area contributed by atoms with E-state index in [0.29, 0.717) is 23.1 Å². The molecule has 0 bridgehead atoms. The highest BCUT2D eigenvalue weighted by molar-refractivity contribution is 6.30. The molecule has 0 aliphatic carbocycles. The zero-order chi connectivity index (χ0) is 14.1. The van der Waals surface area contributed by atoms with Gasteiger partial charge in [-0.05, 0) is 30.2 Å². The number of nitrogens with one attached hydrogen (secondary N) is 1. The van der Waals surface area contributed by atoms with Crippen molar-refractivity contribution < 1.29 is 4.79 Å². The van der Waals surface area contributed by atoms with Gasteiger partial charge in [-0.2, -0.15) is 0 Å². The van der Waals surface area contributed by atoms with Gasteiger partial charge in [0.2, 0.25) is 0 Å². The molecule has 0 saturated heterocycles. The summed E-state index contributed by atoms with van der Waals surface area (Å²) in [5.41, 5.74) is 2.73. The molecule has 3 rings (SSSR count). The van der Waals surface area contributed by atoms with Gasteiger partial charge in [-0.1, -0.05) is 29.8 Å². The number of aromatic nitrogens is 1. The Kier molecular flexibility index (Phi) is 3.32. The average molecular weight is 288 g/mol. The van der Waals surface area contributed by atoms with E-state index in [1.54, 1.807) is 24.1 Å². The zero-order valence-corrected chi connectivity index (χ0v) is 11.8. The highest BCUT2D eigenvalue weighted by Gasteiger charge is 2.25. The van der Waals surface area contributed by atoms with Gasteiger partial charge in [-0.3, -0.25) is 4.79 Å². The molecule has 1 N–H and O–H groups in total. The molecule has 0 atom stereocenters. The van der Waals surface area contributed by atoms with Crippen LogP contribution in [0.1, 0.15) is 15.9 Å². The molecule has 1 amide bonds. The Labute approximate surface area is 122 Å². The predicted octanol–water partition coefficient (Wildman–Crippen LogP) is 2.98. The lowest BCUT2D eigenvalue weighted by Crippen LogP contribution is -2.29. The highest BCUT2D eigenvalue weighted by atomic mass is 35.5. The molecule has 0 unspecified atom stereocenters. The second-order valence-corrected chi connectivity index (χ2v) is 5.04. The van der Waals surface area contributed by atoms with E-state index in [1.165, 1.54) is 5.56 Å². The van der Waals surface area contributed by atoms with Crippen LogP contribution in [0.3, 0.4) is 0 Å². The minimum atomic E-state index is -0.0456. The number of nitrogens with zero attached hydrogens (tertiary/aromatic N) is 2. The fourth-order valence-corrected chi connectivity index (χ4v) is 2.66. The van der Waals surface area contributed by atoms with Crippen molar-refractivity contribution in [2.45, 2.75) is 6.42 Å². The molecule has 1 aliphatic heterocycles. The van der Waals surface area contributed by atoms with E-state index >= 15 is 0 Å². The number of para-hydroxylation sites is 1. The van der Waals surface area contributed by atoms with Crippen LogP contribution in [0.25, 0.3) is 0 Å². The van der Waals surface area contributed by atoms with E-state index in [1.807, 2.05) is 18.2 Å². The van der Waals surface area contributed by atoms with Gasteiger partial charge in [0.1, 0.15) is 11.0 Å². The van der Waals surface area contributed by atoms with Crippen molar-refractivity contribution in [3.8, 4) is 0 Å². The Morgan fingerprint density at radius 2 is 2.15 bits per heavy atom. The maximum absolute atomic E-state index is 12.6. The number of hydrogen-bond donors (Lipinski definition) is 1. The monoisotopic (exact) mass is 287 g/mol. The van der Waals surface area contributed by atoms with Crippen LogP contribution in [-0.4, -0.2) is 24.5 Å². The van der Waals surface area contributed by atoms with Gasteiger partial charge in [0.15, 0.2) is 0 Å². The summed E-state index contributed by atoms with van der Waals surface area (Å²) in [5, 5.41) is 3.22. The fourth-order valence-electron chi connectivity index (χ4n) is 2.45. The first-order chi connectivity index (χ1) is 9.69. The molecule has 20 heavy (non-hydrogen) atoms. The molecule has 0 fully saturated rings. The average Bonchev–Trinajstić information content (AvgIpc) is 2.89. The number of benzene rings is 1. The summed E-state index contributed by atoms with van der Waals surface area (Å²) in [6.45, 7) is 0.701. The number of carbonyl (C=O) groups excluding carboxylic acids is 1. The van der Waals surface area contributed by atoms with Crippen LogP contribution in [0.5, 0.6) is 0 Å². The number of amides is 1. The molecule has 1 aromatic heterocycles. The summed E-state index contributed by atoms with van der Waals surface area (Å²) in [6, 6.07) is 11.3. The Balaban J connectivity index is 1.96. The summed E-state index contributed by atoms with van der Waals surface area (Å²) in [6.07, 6.45) is 0.889. The van der Waals surface area contributed by atoms with Crippen LogP contribution in [0.4, 0.5) is 11.5 Å². The SMILES string of the molecule is CNc1cc(C(=O)N2CCc3ccccc32)cc(Cl)n1. The molecule has 0 spiro atoms. The maximum atomic E-state index is 12.6. The highest BCUT2D eigenvalue weighted by Crippen LogP contribution is 2.29. The number of hydrogen-bond acceptors (Lipinski definition) is 3. The van der Waals surface area contributed by atoms with Crippen LogP contribution in [0, 0.1) is 0 Å². The second kappa shape index (κ2) is 5.13. The minimum Gasteiger partial charge on any atom is -0.373 e. The van der Waals surface area contributed by atoms with Gasteiger partial charge in [0.25, 0.3) is 5.91 Å². The van der Waals surface area contributed by atoms with Gasteiger partial charge in [-0.25, -0.2) is 4.98 Å². The van der Waals surface area contributed by atoms with Crippen molar-refractivity contribution in [2.75, 3.05) is 23.8 Å². The van der Waals surface area contributed by atoms with Crippen molar-refractivity contribution >= 4 is 29.0 Å². The molecule has 102 valence electrons. The minimum absolute atomic E-state index is 0.0456. The first-order valence-electron chi connectivity index (χ1n) is 6.44. The quantitative estimate of drug-likeness (QED) is 0.864. The van der Waals surface area contributed by atoms with Crippen LogP contribution < -0.4 is 10.2 Å². The first kappa shape index (κ1) is 12.9. The molecule has 0 saturated carbocycles. The van der Waals surface area contributed by atoms with Gasteiger partial charge < -0.3 is 10.2 Å². The summed E-state index contributed by atoms with van der Waals surface area (Å²) >= 11 is 5.96. The molecule has 2 heterocycles. The number of rotatable bonds is 2. The van der Waals surface area contributed by atoms with Crippen molar-refractivity contribution in [2.24, 2.45) is 0 Å². The third-order valence-corrected chi connectivity index (χ3v) is 3.62. The summed E-state index contributed by atoms with van der Waals surface area (Å²) in [4.78, 5) is 18.5. The molecule has 0 radical (unpaired) electrons. The lowest BCUT2D eigenvalue weighted by atomic mass is 10.2. The van der Waals surface area contributed by atoms with E-state index in [9.17, 15) is 4.79 Å². The summed E-state index contributed by atoms with van der Waals surface area (Å²) in [5.74, 6) is 0.545. The van der Waals surface area contributed by atoms with E-state index in [2.05, 4.69) is 16.4 Å². The fraction of sp³-hybridized carbons (Fsp3) is 0.200. The number of pyridine rings is 1. The molecular weight excluding hydrogens is 274 g/mol. The zero-order valence-electron chi connectivity index (χ0n) is 11.1. The standard InChI is InChI=1S/C15H14ClN3O/c1-17-14-9-11(8-13(16)18-14)15(20)19-7-6-10-4-2-3-5-12(10)19/h2-5,8-9H,6-7H2,1H3,(H,17,18). The van der Waals surface area contributed by atoms with Crippen LogP contribution in [0.2, 0.25) is 5.15 Å². The Morgan fingerprint density at radius 1 is 1.35 bits per heavy atom.